The van der Waals surface area contributed by atoms with E-state index in [1.807, 2.05) is 13.8 Å². The summed E-state index contributed by atoms with van der Waals surface area (Å²) in [5.41, 5.74) is -0.561. The van der Waals surface area contributed by atoms with Gasteiger partial charge in [-0.1, -0.05) is 13.8 Å². The van der Waals surface area contributed by atoms with Gasteiger partial charge in [0.2, 0.25) is 0 Å². The molecule has 170 valence electrons. The molecule has 0 spiro atoms. The summed E-state index contributed by atoms with van der Waals surface area (Å²) in [5.74, 6) is -2.63. The first kappa shape index (κ1) is 22.0. The zero-order chi connectivity index (χ0) is 22.6. The van der Waals surface area contributed by atoms with Gasteiger partial charge in [0.25, 0.3) is 0 Å². The smallest absolute Gasteiger partial charge is 0.309 e. The van der Waals surface area contributed by atoms with Crippen LogP contribution in [0.3, 0.4) is 0 Å². The van der Waals surface area contributed by atoms with Gasteiger partial charge in [-0.15, -0.1) is 0 Å². The molecule has 8 atom stereocenters. The minimum absolute atomic E-state index is 0.114. The summed E-state index contributed by atoms with van der Waals surface area (Å²) in [6, 6.07) is 1.78. The number of carbonyl (C=O) groups excluding carboxylic acids is 3. The van der Waals surface area contributed by atoms with Crippen LogP contribution in [0.15, 0.2) is 23.0 Å². The van der Waals surface area contributed by atoms with Crippen molar-refractivity contribution in [3.05, 3.63) is 24.2 Å². The maximum Gasteiger partial charge on any atom is 0.309 e. The second kappa shape index (κ2) is 7.74. The maximum absolute atomic E-state index is 13.7. The van der Waals surface area contributed by atoms with E-state index in [4.69, 9.17) is 18.6 Å². The number of aliphatic hydroxyl groups excluding tert-OH is 1. The van der Waals surface area contributed by atoms with E-state index in [0.29, 0.717) is 19.3 Å². The van der Waals surface area contributed by atoms with E-state index in [-0.39, 0.29) is 18.1 Å². The van der Waals surface area contributed by atoms with Gasteiger partial charge in [-0.3, -0.25) is 14.4 Å². The summed E-state index contributed by atoms with van der Waals surface area (Å²) in [6.07, 6.45) is 2.36. The number of carbonyl (C=O) groups is 3. The molecule has 1 aromatic rings. The number of esters is 2. The number of furan rings is 1. The first-order valence-corrected chi connectivity index (χ1v) is 10.8. The Morgan fingerprint density at radius 1 is 1.26 bits per heavy atom. The number of methoxy groups -OCH3 is 1. The van der Waals surface area contributed by atoms with Crippen molar-refractivity contribution in [1.82, 2.24) is 0 Å². The first-order valence-electron chi connectivity index (χ1n) is 10.8. The summed E-state index contributed by atoms with van der Waals surface area (Å²) < 4.78 is 21.6. The SMILES string of the molecule is COC(=O)[C@@H]1C[C@H](OC(C)=O)C(=O)C2[C@@]1(C)CC[C@H]1C(O)O[C@H](c3ccoc3)C[C@]21C. The lowest BCUT2D eigenvalue weighted by atomic mass is 9.43. The molecule has 3 fully saturated rings. The van der Waals surface area contributed by atoms with Crippen molar-refractivity contribution in [2.45, 2.75) is 65.0 Å². The van der Waals surface area contributed by atoms with E-state index in [1.54, 1.807) is 18.6 Å². The molecule has 31 heavy (non-hydrogen) atoms. The van der Waals surface area contributed by atoms with Gasteiger partial charge in [0.1, 0.15) is 0 Å². The van der Waals surface area contributed by atoms with Gasteiger partial charge in [-0.25, -0.2) is 0 Å². The second-order valence-electron chi connectivity index (χ2n) is 9.68. The van der Waals surface area contributed by atoms with Crippen LogP contribution in [0, 0.1) is 28.6 Å². The molecule has 3 aliphatic rings. The molecule has 1 N–H and O–H groups in total. The monoisotopic (exact) mass is 434 g/mol. The fraction of sp³-hybridized carbons (Fsp3) is 0.696. The molecular formula is C23H30O8. The van der Waals surface area contributed by atoms with Crippen LogP contribution in [0.25, 0.3) is 0 Å². The topological polar surface area (TPSA) is 112 Å². The maximum atomic E-state index is 13.7. The van der Waals surface area contributed by atoms with Crippen molar-refractivity contribution >= 4 is 17.7 Å². The minimum atomic E-state index is -1.05. The Labute approximate surface area is 181 Å². The fourth-order valence-corrected chi connectivity index (χ4v) is 6.64. The molecule has 1 aliphatic heterocycles. The van der Waals surface area contributed by atoms with Crippen molar-refractivity contribution in [3.8, 4) is 0 Å². The Morgan fingerprint density at radius 3 is 2.61 bits per heavy atom. The Morgan fingerprint density at radius 2 is 2.00 bits per heavy atom. The van der Waals surface area contributed by atoms with E-state index < -0.39 is 53.1 Å². The van der Waals surface area contributed by atoms with Crippen LogP contribution in [-0.2, 0) is 28.6 Å². The van der Waals surface area contributed by atoms with Crippen LogP contribution in [0.4, 0.5) is 0 Å². The molecule has 4 rings (SSSR count). The fourth-order valence-electron chi connectivity index (χ4n) is 6.64. The molecule has 0 aromatic carbocycles. The average molecular weight is 434 g/mol. The predicted molar refractivity (Wildman–Crippen MR) is 106 cm³/mol. The Hall–Kier alpha value is -2.19. The molecular weight excluding hydrogens is 404 g/mol. The standard InChI is InChI=1S/C23H30O8/c1-12(24)30-16-9-15(20(26)28-4)22(2)7-5-14-21(27)31-17(13-6-8-29-11-13)10-23(14,3)19(22)18(16)25/h6,8,11,14-17,19,21,27H,5,7,9-10H2,1-4H3/t14-,15-,16-,17-,19?,21?,22-,23-/m0/s1. The van der Waals surface area contributed by atoms with Gasteiger partial charge in [0.15, 0.2) is 18.2 Å². The summed E-state index contributed by atoms with van der Waals surface area (Å²) in [4.78, 5) is 38.2. The minimum Gasteiger partial charge on any atom is -0.472 e. The zero-order valence-corrected chi connectivity index (χ0v) is 18.3. The predicted octanol–water partition coefficient (Wildman–Crippen LogP) is 2.79. The summed E-state index contributed by atoms with van der Waals surface area (Å²) in [7, 11) is 1.33. The van der Waals surface area contributed by atoms with Gasteiger partial charge >= 0.3 is 11.9 Å². The van der Waals surface area contributed by atoms with Crippen LogP contribution in [-0.4, -0.2) is 42.3 Å². The molecule has 2 heterocycles. The first-order chi connectivity index (χ1) is 14.6. The lowest BCUT2D eigenvalue weighted by Crippen LogP contribution is -2.65. The van der Waals surface area contributed by atoms with E-state index in [2.05, 4.69) is 0 Å². The number of rotatable bonds is 3. The Bertz CT molecular complexity index is 863. The molecule has 8 nitrogen and oxygen atoms in total. The van der Waals surface area contributed by atoms with Crippen LogP contribution < -0.4 is 0 Å². The summed E-state index contributed by atoms with van der Waals surface area (Å²) >= 11 is 0. The highest BCUT2D eigenvalue weighted by Crippen LogP contribution is 2.65. The molecule has 0 radical (unpaired) electrons. The van der Waals surface area contributed by atoms with E-state index in [0.717, 1.165) is 5.56 Å². The number of hydrogen-bond donors (Lipinski definition) is 1. The third kappa shape index (κ3) is 3.40. The van der Waals surface area contributed by atoms with Crippen LogP contribution in [0.5, 0.6) is 0 Å². The van der Waals surface area contributed by atoms with Crippen molar-refractivity contribution in [1.29, 1.82) is 0 Å². The highest BCUT2D eigenvalue weighted by Gasteiger charge is 2.67. The molecule has 0 bridgehead atoms. The van der Waals surface area contributed by atoms with Crippen molar-refractivity contribution in [2.75, 3.05) is 7.11 Å². The van der Waals surface area contributed by atoms with Crippen LogP contribution >= 0.6 is 0 Å². The summed E-state index contributed by atoms with van der Waals surface area (Å²) in [5, 5.41) is 10.9. The lowest BCUT2D eigenvalue weighted by Gasteiger charge is -2.62. The number of fused-ring (bicyclic) bond motifs is 3. The number of ketones is 1. The highest BCUT2D eigenvalue weighted by molar-refractivity contribution is 5.92. The van der Waals surface area contributed by atoms with Crippen molar-refractivity contribution in [3.63, 3.8) is 0 Å². The number of Topliss-reactive ketones (excluding diaryl/α,β-unsaturated/α-hetero) is 1. The van der Waals surface area contributed by atoms with Gasteiger partial charge in [-0.05, 0) is 36.2 Å². The molecule has 1 aromatic heterocycles. The van der Waals surface area contributed by atoms with E-state index >= 15 is 0 Å². The van der Waals surface area contributed by atoms with Crippen LogP contribution in [0.2, 0.25) is 0 Å². The quantitative estimate of drug-likeness (QED) is 0.723. The molecule has 2 aliphatic carbocycles. The van der Waals surface area contributed by atoms with Gasteiger partial charge in [-0.2, -0.15) is 0 Å². The number of hydrogen-bond acceptors (Lipinski definition) is 8. The largest absolute Gasteiger partial charge is 0.472 e. The van der Waals surface area contributed by atoms with Gasteiger partial charge in [0, 0.05) is 30.7 Å². The van der Waals surface area contributed by atoms with Gasteiger partial charge in [0.05, 0.1) is 31.7 Å². The third-order valence-electron chi connectivity index (χ3n) is 7.99. The van der Waals surface area contributed by atoms with Gasteiger partial charge < -0.3 is 23.7 Å². The molecule has 1 saturated heterocycles. The third-order valence-corrected chi connectivity index (χ3v) is 7.99. The zero-order valence-electron chi connectivity index (χ0n) is 18.3. The van der Waals surface area contributed by atoms with E-state index in [1.165, 1.54) is 14.0 Å². The molecule has 2 saturated carbocycles. The summed E-state index contributed by atoms with van der Waals surface area (Å²) in [6.45, 7) is 5.20. The second-order valence-corrected chi connectivity index (χ2v) is 9.68. The molecule has 0 amide bonds. The van der Waals surface area contributed by atoms with Crippen LogP contribution in [0.1, 0.15) is 58.1 Å². The lowest BCUT2D eigenvalue weighted by molar-refractivity contribution is -0.274. The highest BCUT2D eigenvalue weighted by atomic mass is 16.6. The normalized spacial score (nSPS) is 42.3. The Balaban J connectivity index is 1.79. The van der Waals surface area contributed by atoms with Crippen molar-refractivity contribution < 1.29 is 38.1 Å². The molecule has 8 heteroatoms. The average Bonchev–Trinajstić information content (AvgIpc) is 3.23. The number of aliphatic hydroxyl groups is 1. The Kier molecular flexibility index (Phi) is 5.50. The number of ether oxygens (including phenoxy) is 3. The van der Waals surface area contributed by atoms with E-state index in [9.17, 15) is 19.5 Å². The molecule has 2 unspecified atom stereocenters. The van der Waals surface area contributed by atoms with Crippen molar-refractivity contribution in [2.24, 2.45) is 28.6 Å².